The van der Waals surface area contributed by atoms with Crippen LogP contribution >= 0.6 is 0 Å². The molecule has 0 aromatic heterocycles. The summed E-state index contributed by atoms with van der Waals surface area (Å²) in [5, 5.41) is 3.34. The van der Waals surface area contributed by atoms with E-state index in [2.05, 4.69) is 19.2 Å². The molecule has 2 unspecified atom stereocenters. The first-order chi connectivity index (χ1) is 9.08. The van der Waals surface area contributed by atoms with Crippen LogP contribution < -0.4 is 5.32 Å². The predicted octanol–water partition coefficient (Wildman–Crippen LogP) is 3.24. The van der Waals surface area contributed by atoms with Crippen molar-refractivity contribution in [2.75, 3.05) is 12.3 Å². The smallest absolute Gasteiger partial charge is 0.160 e. The van der Waals surface area contributed by atoms with Gasteiger partial charge in [-0.25, -0.2) is 8.78 Å². The number of rotatable bonds is 8. The largest absolute Gasteiger partial charge is 0.313 e. The Labute approximate surface area is 116 Å². The molecule has 19 heavy (non-hydrogen) atoms. The van der Waals surface area contributed by atoms with Gasteiger partial charge in [-0.1, -0.05) is 20.3 Å². The van der Waals surface area contributed by atoms with E-state index >= 15 is 0 Å². The maximum absolute atomic E-state index is 13.1. The van der Waals surface area contributed by atoms with Gasteiger partial charge in [0.15, 0.2) is 11.6 Å². The van der Waals surface area contributed by atoms with Crippen molar-refractivity contribution in [1.82, 2.24) is 5.32 Å². The van der Waals surface area contributed by atoms with Crippen LogP contribution in [0.4, 0.5) is 8.78 Å². The van der Waals surface area contributed by atoms with Crippen molar-refractivity contribution in [2.24, 2.45) is 0 Å². The number of benzene rings is 1. The van der Waals surface area contributed by atoms with Gasteiger partial charge >= 0.3 is 0 Å². The summed E-state index contributed by atoms with van der Waals surface area (Å²) in [6, 6.07) is 3.58. The molecule has 108 valence electrons. The highest BCUT2D eigenvalue weighted by molar-refractivity contribution is 7.85. The minimum Gasteiger partial charge on any atom is -0.313 e. The zero-order chi connectivity index (χ0) is 14.3. The maximum Gasteiger partial charge on any atom is 0.160 e. The molecular formula is C14H21F2NOS. The Kier molecular flexibility index (Phi) is 7.16. The Bertz CT molecular complexity index is 426. The summed E-state index contributed by atoms with van der Waals surface area (Å²) in [4.78, 5) is 0.346. The van der Waals surface area contributed by atoms with Crippen LogP contribution in [0.25, 0.3) is 0 Å². The highest BCUT2D eigenvalue weighted by atomic mass is 32.2. The topological polar surface area (TPSA) is 29.1 Å². The van der Waals surface area contributed by atoms with E-state index in [9.17, 15) is 13.0 Å². The molecule has 2 atom stereocenters. The molecule has 0 aliphatic heterocycles. The number of halogens is 2. The molecule has 1 aromatic rings. The lowest BCUT2D eigenvalue weighted by atomic mass is 10.2. The van der Waals surface area contributed by atoms with Crippen LogP contribution in [0.15, 0.2) is 23.1 Å². The second-order valence-corrected chi connectivity index (χ2v) is 6.02. The molecule has 2 nitrogen and oxygen atoms in total. The third-order valence-electron chi connectivity index (χ3n) is 2.83. The molecule has 0 aliphatic rings. The van der Waals surface area contributed by atoms with Gasteiger partial charge < -0.3 is 5.32 Å². The van der Waals surface area contributed by atoms with E-state index in [1.165, 1.54) is 6.07 Å². The molecule has 1 rings (SSSR count). The molecule has 0 bridgehead atoms. The Morgan fingerprint density at radius 2 is 1.95 bits per heavy atom. The number of hydrogen-bond donors (Lipinski definition) is 1. The molecular weight excluding hydrogens is 268 g/mol. The van der Waals surface area contributed by atoms with E-state index in [0.29, 0.717) is 10.6 Å². The van der Waals surface area contributed by atoms with Gasteiger partial charge in [0.05, 0.1) is 10.8 Å². The normalized spacial score (nSPS) is 14.3. The molecule has 0 saturated heterocycles. The second-order valence-electron chi connectivity index (χ2n) is 4.53. The highest BCUT2D eigenvalue weighted by Gasteiger charge is 2.14. The lowest BCUT2D eigenvalue weighted by Crippen LogP contribution is -2.34. The molecule has 5 heteroatoms. The monoisotopic (exact) mass is 289 g/mol. The summed E-state index contributed by atoms with van der Waals surface area (Å²) in [5.41, 5.74) is 0. The number of hydrogen-bond acceptors (Lipinski definition) is 2. The molecule has 0 radical (unpaired) electrons. The van der Waals surface area contributed by atoms with Crippen LogP contribution in [0, 0.1) is 11.6 Å². The van der Waals surface area contributed by atoms with Gasteiger partial charge in [-0.15, -0.1) is 0 Å². The van der Waals surface area contributed by atoms with Crippen molar-refractivity contribution in [3.63, 3.8) is 0 Å². The van der Waals surface area contributed by atoms with Crippen LogP contribution in [0.2, 0.25) is 0 Å². The summed E-state index contributed by atoms with van der Waals surface area (Å²) in [7, 11) is -1.31. The first-order valence-electron chi connectivity index (χ1n) is 6.65. The summed E-state index contributed by atoms with van der Waals surface area (Å²) >= 11 is 0. The van der Waals surface area contributed by atoms with E-state index in [1.807, 2.05) is 0 Å². The predicted molar refractivity (Wildman–Crippen MR) is 74.6 cm³/mol. The highest BCUT2D eigenvalue weighted by Crippen LogP contribution is 2.14. The summed E-state index contributed by atoms with van der Waals surface area (Å²) < 4.78 is 38.1. The third-order valence-corrected chi connectivity index (χ3v) is 4.31. The van der Waals surface area contributed by atoms with Crippen molar-refractivity contribution in [2.45, 2.75) is 44.0 Å². The lowest BCUT2D eigenvalue weighted by Gasteiger charge is -2.17. The number of nitrogens with one attached hydrogen (secondary N) is 1. The second kappa shape index (κ2) is 8.38. The van der Waals surface area contributed by atoms with E-state index in [1.54, 1.807) is 0 Å². The Morgan fingerprint density at radius 1 is 1.21 bits per heavy atom. The fraction of sp³-hybridized carbons (Fsp3) is 0.571. The molecule has 0 amide bonds. The van der Waals surface area contributed by atoms with Gasteiger partial charge in [0, 0.05) is 16.7 Å². The SMILES string of the molecule is CCCNC(CCC)CS(=O)c1ccc(F)c(F)c1. The van der Waals surface area contributed by atoms with Crippen LogP contribution in [0.5, 0.6) is 0 Å². The van der Waals surface area contributed by atoms with Gasteiger partial charge in [-0.2, -0.15) is 0 Å². The molecule has 0 aliphatic carbocycles. The van der Waals surface area contributed by atoms with Gasteiger partial charge in [0.1, 0.15) is 0 Å². The average Bonchev–Trinajstić information content (AvgIpc) is 2.39. The van der Waals surface area contributed by atoms with Crippen LogP contribution in [0.3, 0.4) is 0 Å². The minimum absolute atomic E-state index is 0.152. The molecule has 1 aromatic carbocycles. The lowest BCUT2D eigenvalue weighted by molar-refractivity contribution is 0.503. The molecule has 0 saturated carbocycles. The van der Waals surface area contributed by atoms with Gasteiger partial charge in [0.25, 0.3) is 0 Å². The quantitative estimate of drug-likeness (QED) is 0.796. The zero-order valence-electron chi connectivity index (χ0n) is 11.4. The van der Waals surface area contributed by atoms with Gasteiger partial charge in [-0.3, -0.25) is 4.21 Å². The van der Waals surface area contributed by atoms with Gasteiger partial charge in [-0.05, 0) is 37.6 Å². The van der Waals surface area contributed by atoms with Crippen molar-refractivity contribution in [3.8, 4) is 0 Å². The molecule has 1 N–H and O–H groups in total. The Hall–Kier alpha value is -0.810. The van der Waals surface area contributed by atoms with Crippen molar-refractivity contribution in [1.29, 1.82) is 0 Å². The standard InChI is InChI=1S/C14H21F2NOS/c1-3-5-11(17-8-4-2)10-19(18)12-6-7-13(15)14(16)9-12/h6-7,9,11,17H,3-5,8,10H2,1-2H3. The van der Waals surface area contributed by atoms with Crippen LogP contribution in [-0.4, -0.2) is 22.5 Å². The average molecular weight is 289 g/mol. The van der Waals surface area contributed by atoms with Crippen LogP contribution in [0.1, 0.15) is 33.1 Å². The summed E-state index contributed by atoms with van der Waals surface area (Å²) in [6.07, 6.45) is 2.93. The zero-order valence-corrected chi connectivity index (χ0v) is 12.2. The van der Waals surface area contributed by atoms with E-state index in [4.69, 9.17) is 0 Å². The van der Waals surface area contributed by atoms with E-state index in [-0.39, 0.29) is 6.04 Å². The third kappa shape index (κ3) is 5.37. The van der Waals surface area contributed by atoms with Crippen molar-refractivity contribution in [3.05, 3.63) is 29.8 Å². The summed E-state index contributed by atoms with van der Waals surface area (Å²) in [5.74, 6) is -1.42. The van der Waals surface area contributed by atoms with Gasteiger partial charge in [0.2, 0.25) is 0 Å². The fourth-order valence-electron chi connectivity index (χ4n) is 1.84. The van der Waals surface area contributed by atoms with Crippen molar-refractivity contribution < 1.29 is 13.0 Å². The first-order valence-corrected chi connectivity index (χ1v) is 7.97. The van der Waals surface area contributed by atoms with E-state index in [0.717, 1.165) is 37.9 Å². The van der Waals surface area contributed by atoms with Crippen molar-refractivity contribution >= 4 is 10.8 Å². The minimum atomic E-state index is -1.31. The maximum atomic E-state index is 13.1. The molecule has 0 spiro atoms. The first kappa shape index (κ1) is 16.2. The molecule has 0 fully saturated rings. The van der Waals surface area contributed by atoms with Crippen LogP contribution in [-0.2, 0) is 10.8 Å². The molecule has 0 heterocycles. The van der Waals surface area contributed by atoms with E-state index < -0.39 is 22.4 Å². The fourth-order valence-corrected chi connectivity index (χ4v) is 3.14. The summed E-state index contributed by atoms with van der Waals surface area (Å²) in [6.45, 7) is 5.02. The Morgan fingerprint density at radius 3 is 2.53 bits per heavy atom. The Balaban J connectivity index is 2.66.